The summed E-state index contributed by atoms with van der Waals surface area (Å²) >= 11 is 5.83. The molecule has 2 rings (SSSR count). The van der Waals surface area contributed by atoms with Crippen molar-refractivity contribution >= 4 is 27.8 Å². The lowest BCUT2D eigenvalue weighted by Crippen LogP contribution is -2.06. The van der Waals surface area contributed by atoms with E-state index in [1.54, 1.807) is 42.5 Å². The first-order chi connectivity index (χ1) is 10.00. The van der Waals surface area contributed by atoms with Crippen LogP contribution in [0.4, 0.5) is 0 Å². The van der Waals surface area contributed by atoms with Crippen molar-refractivity contribution in [2.24, 2.45) is 0 Å². The molecule has 0 spiro atoms. The van der Waals surface area contributed by atoms with Crippen LogP contribution in [-0.4, -0.2) is 15.5 Å². The van der Waals surface area contributed by atoms with Crippen molar-refractivity contribution in [3.63, 3.8) is 0 Å². The SMILES string of the molecule is COc1ccccc1OS(=O)(=O)/C=C/c1cccc(Cl)c1. The number of halogens is 1. The Morgan fingerprint density at radius 3 is 2.43 bits per heavy atom. The number of methoxy groups -OCH3 is 1. The highest BCUT2D eigenvalue weighted by atomic mass is 35.5. The summed E-state index contributed by atoms with van der Waals surface area (Å²) in [6.45, 7) is 0. The fraction of sp³-hybridized carbons (Fsp3) is 0.0667. The summed E-state index contributed by atoms with van der Waals surface area (Å²) in [7, 11) is -2.44. The number of ether oxygens (including phenoxy) is 1. The van der Waals surface area contributed by atoms with E-state index in [0.717, 1.165) is 5.41 Å². The molecule has 21 heavy (non-hydrogen) atoms. The molecule has 110 valence electrons. The van der Waals surface area contributed by atoms with Crippen LogP contribution in [0.1, 0.15) is 5.56 Å². The molecule has 0 radical (unpaired) electrons. The number of hydrogen-bond acceptors (Lipinski definition) is 4. The van der Waals surface area contributed by atoms with Crippen LogP contribution in [0.25, 0.3) is 6.08 Å². The first-order valence-corrected chi connectivity index (χ1v) is 7.86. The quantitative estimate of drug-likeness (QED) is 0.786. The average Bonchev–Trinajstić information content (AvgIpc) is 2.46. The van der Waals surface area contributed by atoms with E-state index in [1.165, 1.54) is 19.3 Å². The maximum atomic E-state index is 11.9. The van der Waals surface area contributed by atoms with Crippen LogP contribution >= 0.6 is 11.6 Å². The van der Waals surface area contributed by atoms with Gasteiger partial charge in [0.25, 0.3) is 0 Å². The molecule has 0 N–H and O–H groups in total. The Bertz CT molecular complexity index is 754. The summed E-state index contributed by atoms with van der Waals surface area (Å²) in [5, 5.41) is 1.51. The van der Waals surface area contributed by atoms with Gasteiger partial charge in [0.1, 0.15) is 0 Å². The number of para-hydroxylation sites is 2. The van der Waals surface area contributed by atoms with E-state index in [-0.39, 0.29) is 5.75 Å². The molecular formula is C15H13ClO4S. The van der Waals surface area contributed by atoms with Crippen molar-refractivity contribution in [3.05, 3.63) is 64.5 Å². The minimum atomic E-state index is -3.88. The van der Waals surface area contributed by atoms with Crippen molar-refractivity contribution in [1.82, 2.24) is 0 Å². The lowest BCUT2D eigenvalue weighted by atomic mass is 10.2. The van der Waals surface area contributed by atoms with E-state index in [1.807, 2.05) is 0 Å². The molecule has 0 bridgehead atoms. The fourth-order valence-electron chi connectivity index (χ4n) is 1.61. The smallest absolute Gasteiger partial charge is 0.332 e. The Morgan fingerprint density at radius 2 is 1.76 bits per heavy atom. The van der Waals surface area contributed by atoms with Gasteiger partial charge >= 0.3 is 10.1 Å². The summed E-state index contributed by atoms with van der Waals surface area (Å²) < 4.78 is 33.9. The monoisotopic (exact) mass is 324 g/mol. The molecule has 0 amide bonds. The van der Waals surface area contributed by atoms with Crippen LogP contribution in [-0.2, 0) is 10.1 Å². The van der Waals surface area contributed by atoms with E-state index in [2.05, 4.69) is 0 Å². The van der Waals surface area contributed by atoms with Crippen molar-refractivity contribution in [1.29, 1.82) is 0 Å². The Balaban J connectivity index is 2.19. The molecule has 4 nitrogen and oxygen atoms in total. The van der Waals surface area contributed by atoms with Gasteiger partial charge in [-0.15, -0.1) is 0 Å². The summed E-state index contributed by atoms with van der Waals surface area (Å²) in [5.41, 5.74) is 0.662. The summed E-state index contributed by atoms with van der Waals surface area (Å²) in [4.78, 5) is 0. The standard InChI is InChI=1S/C15H13ClO4S/c1-19-14-7-2-3-8-15(14)20-21(17,18)10-9-12-5-4-6-13(16)11-12/h2-11H,1H3/b10-9+. The number of benzene rings is 2. The maximum absolute atomic E-state index is 11.9. The van der Waals surface area contributed by atoms with Crippen LogP contribution in [0.5, 0.6) is 11.5 Å². The molecule has 0 aromatic heterocycles. The van der Waals surface area contributed by atoms with Crippen molar-refractivity contribution in [2.45, 2.75) is 0 Å². The van der Waals surface area contributed by atoms with E-state index in [4.69, 9.17) is 20.5 Å². The highest BCUT2D eigenvalue weighted by Crippen LogP contribution is 2.27. The van der Waals surface area contributed by atoms with Gasteiger partial charge in [0.15, 0.2) is 11.5 Å². The molecule has 2 aromatic carbocycles. The molecule has 0 heterocycles. The minimum Gasteiger partial charge on any atom is -0.493 e. The zero-order valence-corrected chi connectivity index (χ0v) is 12.8. The number of rotatable bonds is 5. The second-order valence-corrected chi connectivity index (χ2v) is 5.95. The Kier molecular flexibility index (Phi) is 4.88. The third-order valence-electron chi connectivity index (χ3n) is 2.55. The molecule has 0 unspecified atom stereocenters. The zero-order chi connectivity index (χ0) is 15.3. The molecule has 0 atom stereocenters. The van der Waals surface area contributed by atoms with Crippen molar-refractivity contribution in [2.75, 3.05) is 7.11 Å². The topological polar surface area (TPSA) is 52.6 Å². The molecule has 0 aliphatic carbocycles. The van der Waals surface area contributed by atoms with Gasteiger partial charge in [0, 0.05) is 5.02 Å². The van der Waals surface area contributed by atoms with Crippen LogP contribution in [0.3, 0.4) is 0 Å². The Morgan fingerprint density at radius 1 is 1.05 bits per heavy atom. The summed E-state index contributed by atoms with van der Waals surface area (Å²) in [5.74, 6) is 0.480. The molecule has 6 heteroatoms. The van der Waals surface area contributed by atoms with E-state index in [9.17, 15) is 8.42 Å². The predicted molar refractivity (Wildman–Crippen MR) is 83.0 cm³/mol. The van der Waals surface area contributed by atoms with Gasteiger partial charge in [-0.25, -0.2) is 0 Å². The zero-order valence-electron chi connectivity index (χ0n) is 11.2. The van der Waals surface area contributed by atoms with Crippen LogP contribution in [0.15, 0.2) is 53.9 Å². The van der Waals surface area contributed by atoms with Crippen LogP contribution in [0.2, 0.25) is 5.02 Å². The Labute approximate surface area is 128 Å². The van der Waals surface area contributed by atoms with E-state index < -0.39 is 10.1 Å². The maximum Gasteiger partial charge on any atom is 0.332 e. The van der Waals surface area contributed by atoms with Gasteiger partial charge in [-0.3, -0.25) is 0 Å². The Hall–Kier alpha value is -1.98. The predicted octanol–water partition coefficient (Wildman–Crippen LogP) is 3.73. The van der Waals surface area contributed by atoms with E-state index in [0.29, 0.717) is 16.3 Å². The van der Waals surface area contributed by atoms with Gasteiger partial charge in [-0.2, -0.15) is 8.42 Å². The first-order valence-electron chi connectivity index (χ1n) is 6.01. The normalized spacial score (nSPS) is 11.5. The molecule has 0 saturated carbocycles. The molecule has 2 aromatic rings. The highest BCUT2D eigenvalue weighted by molar-refractivity contribution is 7.90. The van der Waals surface area contributed by atoms with E-state index >= 15 is 0 Å². The second-order valence-electron chi connectivity index (χ2n) is 4.08. The average molecular weight is 325 g/mol. The van der Waals surface area contributed by atoms with Crippen molar-refractivity contribution < 1.29 is 17.3 Å². The minimum absolute atomic E-state index is 0.135. The molecule has 0 aliphatic heterocycles. The molecule has 0 fully saturated rings. The first kappa shape index (κ1) is 15.4. The lowest BCUT2D eigenvalue weighted by molar-refractivity contribution is 0.392. The summed E-state index contributed by atoms with van der Waals surface area (Å²) in [6.07, 6.45) is 1.41. The largest absolute Gasteiger partial charge is 0.493 e. The van der Waals surface area contributed by atoms with Gasteiger partial charge in [0.2, 0.25) is 0 Å². The lowest BCUT2D eigenvalue weighted by Gasteiger charge is -2.07. The van der Waals surface area contributed by atoms with Gasteiger partial charge in [-0.05, 0) is 35.9 Å². The molecule has 0 aliphatic rings. The third kappa shape index (κ3) is 4.51. The molecule has 0 saturated heterocycles. The van der Waals surface area contributed by atoms with Crippen LogP contribution in [0, 0.1) is 0 Å². The van der Waals surface area contributed by atoms with Gasteiger partial charge in [-0.1, -0.05) is 35.9 Å². The van der Waals surface area contributed by atoms with Gasteiger partial charge < -0.3 is 8.92 Å². The van der Waals surface area contributed by atoms with Gasteiger partial charge in [0.05, 0.1) is 12.5 Å². The third-order valence-corrected chi connectivity index (χ3v) is 3.67. The fourth-order valence-corrected chi connectivity index (χ4v) is 2.58. The van der Waals surface area contributed by atoms with Crippen molar-refractivity contribution in [3.8, 4) is 11.5 Å². The van der Waals surface area contributed by atoms with Crippen LogP contribution < -0.4 is 8.92 Å². The highest BCUT2D eigenvalue weighted by Gasteiger charge is 2.12. The summed E-state index contributed by atoms with van der Waals surface area (Å²) in [6, 6.07) is 13.3. The molecular weight excluding hydrogens is 312 g/mol. The number of hydrogen-bond donors (Lipinski definition) is 0. The second kappa shape index (κ2) is 6.65.